The van der Waals surface area contributed by atoms with E-state index in [9.17, 15) is 0 Å². The molecule has 0 amide bonds. The minimum absolute atomic E-state index is 1.03. The van der Waals surface area contributed by atoms with Gasteiger partial charge in [0.15, 0.2) is 0 Å². The highest BCUT2D eigenvalue weighted by Crippen LogP contribution is 2.40. The van der Waals surface area contributed by atoms with Crippen molar-refractivity contribution in [2.24, 2.45) is 0 Å². The van der Waals surface area contributed by atoms with Gasteiger partial charge in [-0.3, -0.25) is 0 Å². The predicted octanol–water partition coefficient (Wildman–Crippen LogP) is 17.4. The van der Waals surface area contributed by atoms with Gasteiger partial charge in [0.25, 0.3) is 0 Å². The number of para-hydroxylation sites is 2. The summed E-state index contributed by atoms with van der Waals surface area (Å²) in [7, 11) is 0. The summed E-state index contributed by atoms with van der Waals surface area (Å²) in [6.45, 7) is 6.57. The Morgan fingerprint density at radius 2 is 0.923 bits per heavy atom. The Hall–Kier alpha value is -8.46. The van der Waals surface area contributed by atoms with Crippen LogP contribution in [0.3, 0.4) is 0 Å². The average molecular weight is 831 g/mol. The van der Waals surface area contributed by atoms with Crippen molar-refractivity contribution in [1.82, 2.24) is 4.57 Å². The van der Waals surface area contributed by atoms with Crippen molar-refractivity contribution >= 4 is 60.3 Å². The summed E-state index contributed by atoms with van der Waals surface area (Å²) >= 11 is 0. The fourth-order valence-corrected chi connectivity index (χ4v) is 9.60. The van der Waals surface area contributed by atoms with Crippen LogP contribution in [0.2, 0.25) is 0 Å². The van der Waals surface area contributed by atoms with Crippen LogP contribution < -0.4 is 4.90 Å². The molecular weight excluding hydrogens is 785 g/mol. The van der Waals surface area contributed by atoms with Gasteiger partial charge in [-0.25, -0.2) is 0 Å². The Bertz CT molecular complexity index is 3600. The quantitative estimate of drug-likeness (QED) is 0.125. The number of nitrogens with zero attached hydrogens (tertiary/aromatic N) is 2. The smallest absolute Gasteiger partial charge is 0.0547 e. The molecule has 308 valence electrons. The second-order valence-electron chi connectivity index (χ2n) is 16.6. The summed E-state index contributed by atoms with van der Waals surface area (Å²) in [4.78, 5) is 2.34. The molecule has 0 atom stereocenters. The third kappa shape index (κ3) is 7.31. The molecule has 0 radical (unpaired) electrons. The zero-order valence-electron chi connectivity index (χ0n) is 36.3. The number of rotatable bonds is 10. The van der Waals surface area contributed by atoms with Crippen LogP contribution in [0.25, 0.3) is 88.0 Å². The summed E-state index contributed by atoms with van der Waals surface area (Å²) in [6, 6.07) is 83.1. The van der Waals surface area contributed by atoms with Gasteiger partial charge < -0.3 is 9.47 Å². The van der Waals surface area contributed by atoms with Crippen molar-refractivity contribution in [1.29, 1.82) is 0 Å². The number of allylic oxidation sites excluding steroid dienone is 5. The van der Waals surface area contributed by atoms with Gasteiger partial charge in [-0.05, 0) is 116 Å². The van der Waals surface area contributed by atoms with E-state index in [0.717, 1.165) is 44.9 Å². The van der Waals surface area contributed by atoms with Gasteiger partial charge in [-0.2, -0.15) is 0 Å². The summed E-state index contributed by atoms with van der Waals surface area (Å²) in [5.41, 5.74) is 16.0. The van der Waals surface area contributed by atoms with Crippen LogP contribution in [0.4, 0.5) is 11.4 Å². The molecule has 0 N–H and O–H groups in total. The lowest BCUT2D eigenvalue weighted by Crippen LogP contribution is -2.14. The van der Waals surface area contributed by atoms with Crippen LogP contribution >= 0.6 is 0 Å². The van der Waals surface area contributed by atoms with E-state index in [2.05, 4.69) is 266 Å². The Kier molecular flexibility index (Phi) is 10.3. The fourth-order valence-electron chi connectivity index (χ4n) is 9.60. The second-order valence-corrected chi connectivity index (χ2v) is 16.6. The predicted molar refractivity (Wildman–Crippen MR) is 279 cm³/mol. The number of anilines is 2. The first-order valence-electron chi connectivity index (χ1n) is 22.3. The summed E-state index contributed by atoms with van der Waals surface area (Å²) < 4.78 is 2.43. The lowest BCUT2D eigenvalue weighted by molar-refractivity contribution is 1.15. The molecule has 1 aromatic heterocycles. The summed E-state index contributed by atoms with van der Waals surface area (Å²) in [6.07, 6.45) is 6.42. The first-order valence-corrected chi connectivity index (χ1v) is 22.3. The maximum atomic E-state index is 4.38. The monoisotopic (exact) mass is 830 g/mol. The van der Waals surface area contributed by atoms with E-state index in [1.54, 1.807) is 0 Å². The zero-order valence-corrected chi connectivity index (χ0v) is 36.3. The molecule has 0 unspecified atom stereocenters. The van der Waals surface area contributed by atoms with Crippen molar-refractivity contribution in [3.8, 4) is 39.1 Å². The van der Waals surface area contributed by atoms with Gasteiger partial charge in [-0.15, -0.1) is 0 Å². The molecule has 10 aromatic carbocycles. The van der Waals surface area contributed by atoms with Gasteiger partial charge in [0.05, 0.1) is 16.7 Å². The van der Waals surface area contributed by atoms with Gasteiger partial charge >= 0.3 is 0 Å². The minimum atomic E-state index is 1.03. The zero-order chi connectivity index (χ0) is 43.7. The lowest BCUT2D eigenvalue weighted by Gasteiger charge is -2.26. The molecular formula is C63H46N2. The molecule has 0 saturated carbocycles. The van der Waals surface area contributed by atoms with E-state index >= 15 is 0 Å². The standard InChI is InChI=1S/C63H46N2/c1-3-45(58-25-11-13-29-61(58)65-62-30-14-12-26-59(62)60-42-37-51(43-63(60)65)57-28-16-22-49-20-8-10-24-55(49)57)32-31-44(2)64(52-38-33-47(34-39-52)46-17-5-4-6-18-46)53-40-35-50(36-41-53)56-27-15-21-48-19-7-9-23-54(48)56/h3-43H,1H2,2H3/b44-31+,45-32+. The van der Waals surface area contributed by atoms with Crippen molar-refractivity contribution in [3.05, 3.63) is 267 Å². The van der Waals surface area contributed by atoms with Crippen LogP contribution in [0.5, 0.6) is 0 Å². The van der Waals surface area contributed by atoms with E-state index in [-0.39, 0.29) is 0 Å². The third-order valence-corrected chi connectivity index (χ3v) is 12.8. The molecule has 0 aliphatic carbocycles. The molecule has 2 nitrogen and oxygen atoms in total. The molecule has 0 saturated heterocycles. The van der Waals surface area contributed by atoms with Gasteiger partial charge in [0.2, 0.25) is 0 Å². The fraction of sp³-hybridized carbons (Fsp3) is 0.0159. The number of aromatic nitrogens is 1. The van der Waals surface area contributed by atoms with Gasteiger partial charge in [0, 0.05) is 33.4 Å². The maximum absolute atomic E-state index is 4.38. The molecule has 2 heteroatoms. The molecule has 0 spiro atoms. The van der Waals surface area contributed by atoms with Crippen molar-refractivity contribution in [2.45, 2.75) is 6.92 Å². The van der Waals surface area contributed by atoms with Crippen molar-refractivity contribution < 1.29 is 0 Å². The lowest BCUT2D eigenvalue weighted by atomic mass is 9.97. The molecule has 65 heavy (non-hydrogen) atoms. The molecule has 11 rings (SSSR count). The highest BCUT2D eigenvalue weighted by Gasteiger charge is 2.18. The van der Waals surface area contributed by atoms with Gasteiger partial charge in [0.1, 0.15) is 0 Å². The molecule has 0 bridgehead atoms. The second kappa shape index (κ2) is 17.0. The van der Waals surface area contributed by atoms with Crippen LogP contribution in [-0.2, 0) is 0 Å². The van der Waals surface area contributed by atoms with E-state index in [1.807, 2.05) is 6.08 Å². The van der Waals surface area contributed by atoms with Gasteiger partial charge in [-0.1, -0.05) is 207 Å². The first kappa shape index (κ1) is 39.4. The molecule has 0 aliphatic rings. The number of hydrogen-bond donors (Lipinski definition) is 0. The summed E-state index contributed by atoms with van der Waals surface area (Å²) in [5, 5.41) is 7.42. The van der Waals surface area contributed by atoms with E-state index in [1.165, 1.54) is 65.7 Å². The van der Waals surface area contributed by atoms with Crippen LogP contribution in [0.1, 0.15) is 12.5 Å². The van der Waals surface area contributed by atoms with E-state index in [0.29, 0.717) is 0 Å². The first-order chi connectivity index (χ1) is 32.1. The van der Waals surface area contributed by atoms with Crippen LogP contribution in [-0.4, -0.2) is 4.57 Å². The van der Waals surface area contributed by atoms with Crippen LogP contribution in [0.15, 0.2) is 261 Å². The van der Waals surface area contributed by atoms with Crippen molar-refractivity contribution in [2.75, 3.05) is 4.90 Å². The summed E-state index contributed by atoms with van der Waals surface area (Å²) in [5.74, 6) is 0. The average Bonchev–Trinajstić information content (AvgIpc) is 3.70. The number of hydrogen-bond acceptors (Lipinski definition) is 1. The minimum Gasteiger partial charge on any atom is -0.315 e. The normalized spacial score (nSPS) is 12.0. The molecule has 11 aromatic rings. The highest BCUT2D eigenvalue weighted by atomic mass is 15.1. The largest absolute Gasteiger partial charge is 0.315 e. The molecule has 0 fully saturated rings. The highest BCUT2D eigenvalue weighted by molar-refractivity contribution is 6.11. The van der Waals surface area contributed by atoms with E-state index < -0.39 is 0 Å². The Labute approximate surface area is 380 Å². The Balaban J connectivity index is 1.02. The topological polar surface area (TPSA) is 8.17 Å². The Morgan fingerprint density at radius 1 is 0.415 bits per heavy atom. The van der Waals surface area contributed by atoms with Crippen LogP contribution in [0, 0.1) is 0 Å². The SMILES string of the molecule is C=C/C(=C\C=C(/C)N(c1ccc(-c2ccccc2)cc1)c1ccc(-c2cccc3ccccc23)cc1)c1ccccc1-n1c2ccccc2c2ccc(-c3cccc4ccccc34)cc21. The molecule has 1 heterocycles. The van der Waals surface area contributed by atoms with E-state index in [4.69, 9.17) is 0 Å². The number of benzene rings is 10. The molecule has 0 aliphatic heterocycles. The maximum Gasteiger partial charge on any atom is 0.0547 e. The Morgan fingerprint density at radius 3 is 1.60 bits per heavy atom. The third-order valence-electron chi connectivity index (χ3n) is 12.8. The number of fused-ring (bicyclic) bond motifs is 5. The van der Waals surface area contributed by atoms with Crippen molar-refractivity contribution in [3.63, 3.8) is 0 Å².